The molecule has 0 bridgehead atoms. The first kappa shape index (κ1) is 18.6. The molecule has 0 saturated heterocycles. The Balaban J connectivity index is 1.86. The average Bonchev–Trinajstić information content (AvgIpc) is 2.99. The molecule has 0 atom stereocenters. The first-order chi connectivity index (χ1) is 11.9. The van der Waals surface area contributed by atoms with Crippen molar-refractivity contribution in [1.29, 1.82) is 0 Å². The number of benzene rings is 1. The fourth-order valence-corrected chi connectivity index (χ4v) is 2.80. The molecule has 0 fully saturated rings. The minimum absolute atomic E-state index is 0.0323. The van der Waals surface area contributed by atoms with Gasteiger partial charge in [-0.1, -0.05) is 17.7 Å². The highest BCUT2D eigenvalue weighted by atomic mass is 32.1. The Labute approximate surface area is 149 Å². The van der Waals surface area contributed by atoms with Gasteiger partial charge >= 0.3 is 11.9 Å². The number of nitrogens with one attached hydrogen (secondary N) is 1. The number of ether oxygens (including phenoxy) is 2. The van der Waals surface area contributed by atoms with Crippen molar-refractivity contribution in [1.82, 2.24) is 4.98 Å². The lowest BCUT2D eigenvalue weighted by molar-refractivity contribution is -0.139. The van der Waals surface area contributed by atoms with Gasteiger partial charge in [0.2, 0.25) is 0 Å². The van der Waals surface area contributed by atoms with E-state index in [-0.39, 0.29) is 6.42 Å². The van der Waals surface area contributed by atoms with Crippen LogP contribution < -0.4 is 5.32 Å². The van der Waals surface area contributed by atoms with Gasteiger partial charge in [-0.05, 0) is 25.5 Å². The average molecular weight is 362 g/mol. The van der Waals surface area contributed by atoms with Gasteiger partial charge in [0.1, 0.15) is 0 Å². The topological polar surface area (TPSA) is 94.6 Å². The summed E-state index contributed by atoms with van der Waals surface area (Å²) in [5, 5.41) is 4.50. The standard InChI is InChI=1S/C17H18N2O5S/c1-10-4-5-13(11(2)6-10)16(22)24-8-14(20)19-17-18-12(9-25-17)7-15(21)23-3/h4-6,9H,7-8H2,1-3H3,(H,18,19,20). The lowest BCUT2D eigenvalue weighted by atomic mass is 10.1. The van der Waals surface area contributed by atoms with Crippen LogP contribution in [0.3, 0.4) is 0 Å². The van der Waals surface area contributed by atoms with Crippen molar-refractivity contribution in [3.63, 3.8) is 0 Å². The number of methoxy groups -OCH3 is 1. The number of hydrogen-bond donors (Lipinski definition) is 1. The molecular formula is C17H18N2O5S. The van der Waals surface area contributed by atoms with Crippen molar-refractivity contribution >= 4 is 34.3 Å². The van der Waals surface area contributed by atoms with Gasteiger partial charge in [0, 0.05) is 5.38 Å². The third-order valence-electron chi connectivity index (χ3n) is 3.29. The quantitative estimate of drug-likeness (QED) is 0.792. The number of anilines is 1. The molecular weight excluding hydrogens is 344 g/mol. The van der Waals surface area contributed by atoms with E-state index in [4.69, 9.17) is 4.74 Å². The minimum atomic E-state index is -0.557. The van der Waals surface area contributed by atoms with E-state index in [1.165, 1.54) is 18.4 Å². The highest BCUT2D eigenvalue weighted by molar-refractivity contribution is 7.13. The van der Waals surface area contributed by atoms with E-state index in [0.717, 1.165) is 11.1 Å². The number of hydrogen-bond acceptors (Lipinski definition) is 7. The summed E-state index contributed by atoms with van der Waals surface area (Å²) in [6, 6.07) is 5.35. The predicted molar refractivity (Wildman–Crippen MR) is 92.7 cm³/mol. The molecule has 8 heteroatoms. The zero-order valence-corrected chi connectivity index (χ0v) is 14.9. The Bertz CT molecular complexity index is 800. The third-order valence-corrected chi connectivity index (χ3v) is 4.09. The van der Waals surface area contributed by atoms with Crippen LogP contribution >= 0.6 is 11.3 Å². The van der Waals surface area contributed by atoms with Gasteiger partial charge in [-0.3, -0.25) is 14.9 Å². The van der Waals surface area contributed by atoms with Crippen LogP contribution in [0, 0.1) is 13.8 Å². The summed E-state index contributed by atoms with van der Waals surface area (Å²) >= 11 is 1.17. The number of esters is 2. The Morgan fingerprint density at radius 1 is 1.24 bits per heavy atom. The van der Waals surface area contributed by atoms with E-state index in [0.29, 0.717) is 16.4 Å². The predicted octanol–water partition coefficient (Wildman–Crippen LogP) is 2.27. The molecule has 1 aromatic heterocycles. The van der Waals surface area contributed by atoms with Crippen LogP contribution in [0.4, 0.5) is 5.13 Å². The number of carbonyl (C=O) groups excluding carboxylic acids is 3. The molecule has 25 heavy (non-hydrogen) atoms. The molecule has 0 aliphatic carbocycles. The summed E-state index contributed by atoms with van der Waals surface area (Å²) in [6.07, 6.45) is 0.0323. The molecule has 132 valence electrons. The van der Waals surface area contributed by atoms with Gasteiger partial charge in [0.25, 0.3) is 5.91 Å². The van der Waals surface area contributed by atoms with Crippen LogP contribution in [-0.4, -0.2) is 36.5 Å². The molecule has 0 unspecified atom stereocenters. The summed E-state index contributed by atoms with van der Waals surface area (Å²) < 4.78 is 9.57. The van der Waals surface area contributed by atoms with Crippen LogP contribution in [0.25, 0.3) is 0 Å². The van der Waals surface area contributed by atoms with Gasteiger partial charge in [-0.15, -0.1) is 11.3 Å². The summed E-state index contributed by atoms with van der Waals surface area (Å²) in [6.45, 7) is 3.32. The van der Waals surface area contributed by atoms with Gasteiger partial charge in [-0.2, -0.15) is 0 Å². The van der Waals surface area contributed by atoms with Crippen LogP contribution in [0.15, 0.2) is 23.6 Å². The lowest BCUT2D eigenvalue weighted by Gasteiger charge is -2.07. The molecule has 2 aromatic rings. The van der Waals surface area contributed by atoms with Crippen molar-refractivity contribution in [2.24, 2.45) is 0 Å². The van der Waals surface area contributed by atoms with E-state index in [1.54, 1.807) is 11.4 Å². The van der Waals surface area contributed by atoms with E-state index >= 15 is 0 Å². The number of nitrogens with zero attached hydrogens (tertiary/aromatic N) is 1. The van der Waals surface area contributed by atoms with E-state index in [2.05, 4.69) is 15.0 Å². The number of aryl methyl sites for hydroxylation is 2. The molecule has 1 amide bonds. The molecule has 1 heterocycles. The largest absolute Gasteiger partial charge is 0.469 e. The Kier molecular flexibility index (Phi) is 6.24. The Morgan fingerprint density at radius 2 is 2.00 bits per heavy atom. The molecule has 7 nitrogen and oxygen atoms in total. The number of amides is 1. The number of thiazole rings is 1. The normalized spacial score (nSPS) is 10.2. The van der Waals surface area contributed by atoms with Crippen LogP contribution in [0.5, 0.6) is 0 Å². The van der Waals surface area contributed by atoms with Crippen molar-refractivity contribution < 1.29 is 23.9 Å². The third kappa shape index (κ3) is 5.39. The maximum absolute atomic E-state index is 12.0. The first-order valence-electron chi connectivity index (χ1n) is 7.44. The second kappa shape index (κ2) is 8.39. The van der Waals surface area contributed by atoms with E-state index < -0.39 is 24.5 Å². The number of aromatic nitrogens is 1. The number of carbonyl (C=O) groups is 3. The molecule has 0 radical (unpaired) electrons. The Hall–Kier alpha value is -2.74. The molecule has 1 N–H and O–H groups in total. The summed E-state index contributed by atoms with van der Waals surface area (Å²) in [4.78, 5) is 39.2. The van der Waals surface area contributed by atoms with Crippen molar-refractivity contribution in [3.05, 3.63) is 46.0 Å². The second-order valence-corrected chi connectivity index (χ2v) is 6.20. The Morgan fingerprint density at radius 3 is 2.68 bits per heavy atom. The molecule has 0 aliphatic rings. The zero-order chi connectivity index (χ0) is 18.4. The summed E-state index contributed by atoms with van der Waals surface area (Å²) in [5.74, 6) is -1.47. The molecule has 2 rings (SSSR count). The smallest absolute Gasteiger partial charge is 0.338 e. The van der Waals surface area contributed by atoms with Crippen molar-refractivity contribution in [3.8, 4) is 0 Å². The summed E-state index contributed by atoms with van der Waals surface area (Å²) in [7, 11) is 1.29. The monoisotopic (exact) mass is 362 g/mol. The van der Waals surface area contributed by atoms with Crippen LogP contribution in [0.1, 0.15) is 27.2 Å². The fraction of sp³-hybridized carbons (Fsp3) is 0.294. The molecule has 0 saturated carbocycles. The first-order valence-corrected chi connectivity index (χ1v) is 8.32. The molecule has 1 aromatic carbocycles. The molecule has 0 aliphatic heterocycles. The van der Waals surface area contributed by atoms with Gasteiger partial charge in [0.05, 0.1) is 24.8 Å². The van der Waals surface area contributed by atoms with E-state index in [9.17, 15) is 14.4 Å². The van der Waals surface area contributed by atoms with Gasteiger partial charge in [-0.25, -0.2) is 9.78 Å². The highest BCUT2D eigenvalue weighted by Crippen LogP contribution is 2.16. The number of rotatable bonds is 6. The summed E-state index contributed by atoms with van der Waals surface area (Å²) in [5.41, 5.74) is 2.75. The lowest BCUT2D eigenvalue weighted by Crippen LogP contribution is -2.21. The van der Waals surface area contributed by atoms with Gasteiger partial charge < -0.3 is 9.47 Å². The van der Waals surface area contributed by atoms with Crippen molar-refractivity contribution in [2.75, 3.05) is 19.0 Å². The zero-order valence-electron chi connectivity index (χ0n) is 14.1. The fourth-order valence-electron chi connectivity index (χ4n) is 2.07. The van der Waals surface area contributed by atoms with E-state index in [1.807, 2.05) is 26.0 Å². The molecule has 0 spiro atoms. The van der Waals surface area contributed by atoms with Crippen molar-refractivity contribution in [2.45, 2.75) is 20.3 Å². The minimum Gasteiger partial charge on any atom is -0.469 e. The van der Waals surface area contributed by atoms with Gasteiger partial charge in [0.15, 0.2) is 11.7 Å². The SMILES string of the molecule is COC(=O)Cc1csc(NC(=O)COC(=O)c2ccc(C)cc2C)n1. The van der Waals surface area contributed by atoms with Crippen LogP contribution in [0.2, 0.25) is 0 Å². The maximum Gasteiger partial charge on any atom is 0.338 e. The second-order valence-electron chi connectivity index (χ2n) is 5.34. The van der Waals surface area contributed by atoms with Crippen LogP contribution in [-0.2, 0) is 25.5 Å². The maximum atomic E-state index is 12.0. The highest BCUT2D eigenvalue weighted by Gasteiger charge is 2.14.